The molecule has 0 bridgehead atoms. The van der Waals surface area contributed by atoms with E-state index in [1.54, 1.807) is 7.11 Å². The molecule has 0 atom stereocenters. The number of aromatic amines is 1. The highest BCUT2D eigenvalue weighted by Gasteiger charge is 2.09. The molecule has 0 saturated heterocycles. The van der Waals surface area contributed by atoms with Gasteiger partial charge in [0.25, 0.3) is 0 Å². The Morgan fingerprint density at radius 3 is 2.78 bits per heavy atom. The van der Waals surface area contributed by atoms with Crippen molar-refractivity contribution in [1.82, 2.24) is 15.1 Å². The van der Waals surface area contributed by atoms with E-state index in [1.807, 2.05) is 12.4 Å². The fourth-order valence-electron chi connectivity index (χ4n) is 2.86. The monoisotopic (exact) mass is 309 g/mol. The molecule has 0 aliphatic rings. The summed E-state index contributed by atoms with van der Waals surface area (Å²) in [7, 11) is 1.76. The number of hydrogen-bond donors (Lipinski definition) is 1. The van der Waals surface area contributed by atoms with Crippen molar-refractivity contribution in [1.29, 1.82) is 0 Å². The lowest BCUT2D eigenvalue weighted by molar-refractivity contribution is 0.145. The van der Waals surface area contributed by atoms with Gasteiger partial charge in [0, 0.05) is 32.9 Å². The lowest BCUT2D eigenvalue weighted by Crippen LogP contribution is -2.29. The van der Waals surface area contributed by atoms with Crippen molar-refractivity contribution < 1.29 is 4.74 Å². The molecule has 4 nitrogen and oxygen atoms in total. The van der Waals surface area contributed by atoms with E-state index >= 15 is 0 Å². The minimum atomic E-state index is 0.746. The molecular formula is C19H23N3O. The maximum absolute atomic E-state index is 5.27. The van der Waals surface area contributed by atoms with E-state index in [0.717, 1.165) is 32.7 Å². The Morgan fingerprint density at radius 1 is 1.09 bits per heavy atom. The molecule has 0 saturated carbocycles. The molecule has 2 aromatic carbocycles. The topological polar surface area (TPSA) is 41.1 Å². The third-order valence-corrected chi connectivity index (χ3v) is 4.16. The van der Waals surface area contributed by atoms with Gasteiger partial charge in [-0.1, -0.05) is 42.5 Å². The summed E-state index contributed by atoms with van der Waals surface area (Å²) in [6.45, 7) is 3.60. The first kappa shape index (κ1) is 15.7. The highest BCUT2D eigenvalue weighted by molar-refractivity contribution is 5.85. The van der Waals surface area contributed by atoms with Crippen molar-refractivity contribution in [2.24, 2.45) is 0 Å². The number of benzene rings is 2. The summed E-state index contributed by atoms with van der Waals surface area (Å²) in [6, 6.07) is 15.1. The normalized spacial score (nSPS) is 11.4. The average molecular weight is 309 g/mol. The summed E-state index contributed by atoms with van der Waals surface area (Å²) in [5.74, 6) is 0. The Labute approximate surface area is 137 Å². The number of rotatable bonds is 8. The van der Waals surface area contributed by atoms with Gasteiger partial charge in [-0.15, -0.1) is 0 Å². The zero-order chi connectivity index (χ0) is 15.9. The quantitative estimate of drug-likeness (QED) is 0.694. The third kappa shape index (κ3) is 4.18. The van der Waals surface area contributed by atoms with Gasteiger partial charge in [0.1, 0.15) is 0 Å². The standard InChI is InChI=1S/C19H23N3O/c1-23-12-11-22(10-9-16-13-20-21-14-16)15-18-7-4-6-17-5-2-3-8-19(17)18/h2-8,13-14H,9-12,15H2,1H3,(H,20,21). The second-order valence-electron chi connectivity index (χ2n) is 5.76. The average Bonchev–Trinajstić information content (AvgIpc) is 3.11. The Kier molecular flexibility index (Phi) is 5.40. The van der Waals surface area contributed by atoms with Crippen LogP contribution in [0.25, 0.3) is 10.8 Å². The van der Waals surface area contributed by atoms with Gasteiger partial charge in [0.2, 0.25) is 0 Å². The molecule has 3 aromatic rings. The van der Waals surface area contributed by atoms with Crippen molar-refractivity contribution in [2.75, 3.05) is 26.8 Å². The van der Waals surface area contributed by atoms with Crippen LogP contribution in [-0.4, -0.2) is 41.9 Å². The number of aromatic nitrogens is 2. The number of nitrogens with zero attached hydrogens (tertiary/aromatic N) is 2. The van der Waals surface area contributed by atoms with Crippen molar-refractivity contribution in [3.8, 4) is 0 Å². The lowest BCUT2D eigenvalue weighted by atomic mass is 10.0. The van der Waals surface area contributed by atoms with E-state index in [2.05, 4.69) is 57.6 Å². The summed E-state index contributed by atoms with van der Waals surface area (Å²) in [5, 5.41) is 9.53. The molecule has 1 N–H and O–H groups in total. The molecule has 0 radical (unpaired) electrons. The minimum absolute atomic E-state index is 0.746. The zero-order valence-corrected chi connectivity index (χ0v) is 13.5. The second kappa shape index (κ2) is 7.90. The molecular weight excluding hydrogens is 286 g/mol. The first-order valence-electron chi connectivity index (χ1n) is 8.02. The van der Waals surface area contributed by atoms with Gasteiger partial charge in [0.15, 0.2) is 0 Å². The van der Waals surface area contributed by atoms with E-state index in [9.17, 15) is 0 Å². The first-order chi connectivity index (χ1) is 11.4. The maximum Gasteiger partial charge on any atom is 0.0589 e. The van der Waals surface area contributed by atoms with E-state index in [-0.39, 0.29) is 0 Å². The number of fused-ring (bicyclic) bond motifs is 1. The smallest absolute Gasteiger partial charge is 0.0589 e. The molecule has 0 unspecified atom stereocenters. The van der Waals surface area contributed by atoms with Gasteiger partial charge in [-0.25, -0.2) is 0 Å². The van der Waals surface area contributed by atoms with E-state index in [1.165, 1.54) is 21.9 Å². The highest BCUT2D eigenvalue weighted by Crippen LogP contribution is 2.20. The summed E-state index contributed by atoms with van der Waals surface area (Å²) < 4.78 is 5.27. The molecule has 0 spiro atoms. The summed E-state index contributed by atoms with van der Waals surface area (Å²) in [4.78, 5) is 2.44. The van der Waals surface area contributed by atoms with E-state index in [0.29, 0.717) is 0 Å². The predicted octanol–water partition coefficient (Wildman–Crippen LogP) is 3.25. The molecule has 0 aliphatic carbocycles. The predicted molar refractivity (Wildman–Crippen MR) is 93.4 cm³/mol. The van der Waals surface area contributed by atoms with Crippen molar-refractivity contribution in [3.05, 3.63) is 66.0 Å². The summed E-state index contributed by atoms with van der Waals surface area (Å²) >= 11 is 0. The van der Waals surface area contributed by atoms with Gasteiger partial charge in [0.05, 0.1) is 12.8 Å². The first-order valence-corrected chi connectivity index (χ1v) is 8.02. The SMILES string of the molecule is COCCN(CCc1cn[nH]c1)Cc1cccc2ccccc12. The van der Waals surface area contributed by atoms with E-state index in [4.69, 9.17) is 4.74 Å². The van der Waals surface area contributed by atoms with E-state index < -0.39 is 0 Å². The minimum Gasteiger partial charge on any atom is -0.383 e. The fourth-order valence-corrected chi connectivity index (χ4v) is 2.86. The molecule has 120 valence electrons. The molecule has 0 fully saturated rings. The number of methoxy groups -OCH3 is 1. The summed E-state index contributed by atoms with van der Waals surface area (Å²) in [5.41, 5.74) is 2.61. The Hall–Kier alpha value is -2.17. The van der Waals surface area contributed by atoms with Crippen LogP contribution in [0.4, 0.5) is 0 Å². The van der Waals surface area contributed by atoms with Crippen LogP contribution in [0.15, 0.2) is 54.9 Å². The highest BCUT2D eigenvalue weighted by atomic mass is 16.5. The molecule has 1 aromatic heterocycles. The van der Waals surface area contributed by atoms with Crippen molar-refractivity contribution in [2.45, 2.75) is 13.0 Å². The molecule has 3 rings (SSSR count). The molecule has 0 amide bonds. The Morgan fingerprint density at radius 2 is 1.96 bits per heavy atom. The van der Waals surface area contributed by atoms with Crippen LogP contribution in [-0.2, 0) is 17.7 Å². The maximum atomic E-state index is 5.27. The van der Waals surface area contributed by atoms with Gasteiger partial charge in [-0.3, -0.25) is 10.00 Å². The van der Waals surface area contributed by atoms with Crippen LogP contribution >= 0.6 is 0 Å². The van der Waals surface area contributed by atoms with Crippen LogP contribution in [0.2, 0.25) is 0 Å². The summed E-state index contributed by atoms with van der Waals surface area (Å²) in [6.07, 6.45) is 4.85. The number of hydrogen-bond acceptors (Lipinski definition) is 3. The second-order valence-corrected chi connectivity index (χ2v) is 5.76. The van der Waals surface area contributed by atoms with Gasteiger partial charge in [-0.2, -0.15) is 5.10 Å². The number of ether oxygens (including phenoxy) is 1. The van der Waals surface area contributed by atoms with Crippen LogP contribution < -0.4 is 0 Å². The van der Waals surface area contributed by atoms with Crippen molar-refractivity contribution in [3.63, 3.8) is 0 Å². The van der Waals surface area contributed by atoms with Crippen LogP contribution in [0, 0.1) is 0 Å². The molecule has 0 aliphatic heterocycles. The molecule has 23 heavy (non-hydrogen) atoms. The van der Waals surface area contributed by atoms with Gasteiger partial charge >= 0.3 is 0 Å². The van der Waals surface area contributed by atoms with Crippen molar-refractivity contribution >= 4 is 10.8 Å². The number of nitrogens with one attached hydrogen (secondary N) is 1. The van der Waals surface area contributed by atoms with Crippen LogP contribution in [0.1, 0.15) is 11.1 Å². The number of H-pyrrole nitrogens is 1. The fraction of sp³-hybridized carbons (Fsp3) is 0.316. The third-order valence-electron chi connectivity index (χ3n) is 4.16. The van der Waals surface area contributed by atoms with Gasteiger partial charge in [-0.05, 0) is 28.3 Å². The lowest BCUT2D eigenvalue weighted by Gasteiger charge is -2.22. The Bertz CT molecular complexity index is 719. The van der Waals surface area contributed by atoms with Crippen LogP contribution in [0.5, 0.6) is 0 Å². The molecule has 1 heterocycles. The largest absolute Gasteiger partial charge is 0.383 e. The molecule has 4 heteroatoms. The zero-order valence-electron chi connectivity index (χ0n) is 13.5. The van der Waals surface area contributed by atoms with Gasteiger partial charge < -0.3 is 4.74 Å². The Balaban J connectivity index is 1.73. The van der Waals surface area contributed by atoms with Crippen LogP contribution in [0.3, 0.4) is 0 Å².